The molecule has 29 heavy (non-hydrogen) atoms. The third-order valence-electron chi connectivity index (χ3n) is 8.33. The van der Waals surface area contributed by atoms with Crippen LogP contribution < -0.4 is 0 Å². The van der Waals surface area contributed by atoms with Gasteiger partial charge in [0.15, 0.2) is 0 Å². The molecule has 0 radical (unpaired) electrons. The Hall–Kier alpha value is 1.04. The Morgan fingerprint density at radius 3 is 0.966 bits per heavy atom. The molecule has 0 heterocycles. The van der Waals surface area contributed by atoms with Crippen LogP contribution in [0.4, 0.5) is 0 Å². The first-order chi connectivity index (χ1) is 13.3. The molecule has 0 aromatic rings. The van der Waals surface area contributed by atoms with Crippen molar-refractivity contribution in [2.24, 2.45) is 23.7 Å². The van der Waals surface area contributed by atoms with Gasteiger partial charge in [-0.15, -0.1) is 0 Å². The van der Waals surface area contributed by atoms with Crippen molar-refractivity contribution in [1.82, 2.24) is 0 Å². The van der Waals surface area contributed by atoms with E-state index in [1.807, 2.05) is 0 Å². The Labute approximate surface area is 205 Å². The smallest absolute Gasteiger partial charge is 0 e. The Bertz CT molecular complexity index is 288. The van der Waals surface area contributed by atoms with E-state index in [1.165, 1.54) is 109 Å². The maximum atomic E-state index is 2.40. The molecule has 0 N–H and O–H groups in total. The summed E-state index contributed by atoms with van der Waals surface area (Å²) in [4.78, 5) is 0. The SMILES string of the molecule is C1CCCC1.C1CCCC1.CCC1CCCC1CCCC1CCCC1CC.[Fe].[Fe]. The van der Waals surface area contributed by atoms with Crippen molar-refractivity contribution in [2.75, 3.05) is 0 Å². The third-order valence-corrected chi connectivity index (χ3v) is 8.33. The van der Waals surface area contributed by atoms with Crippen molar-refractivity contribution in [3.05, 3.63) is 0 Å². The van der Waals surface area contributed by atoms with Gasteiger partial charge in [-0.3, -0.25) is 0 Å². The fraction of sp³-hybridized carbons (Fsp3) is 1.00. The van der Waals surface area contributed by atoms with E-state index in [2.05, 4.69) is 13.8 Å². The maximum absolute atomic E-state index is 2.40. The largest absolute Gasteiger partial charge is 0.0651 e. The van der Waals surface area contributed by atoms with E-state index in [4.69, 9.17) is 0 Å². The molecular weight excluding hydrogens is 436 g/mol. The molecule has 0 aliphatic heterocycles. The second-order valence-corrected chi connectivity index (χ2v) is 10.2. The van der Waals surface area contributed by atoms with Crippen molar-refractivity contribution in [3.63, 3.8) is 0 Å². The van der Waals surface area contributed by atoms with E-state index >= 15 is 0 Å². The predicted octanol–water partition coefficient (Wildman–Crippen LogP) is 9.71. The predicted molar refractivity (Wildman–Crippen MR) is 122 cm³/mol. The molecule has 4 aliphatic carbocycles. The van der Waals surface area contributed by atoms with Crippen molar-refractivity contribution in [2.45, 2.75) is 149 Å². The van der Waals surface area contributed by atoms with Gasteiger partial charge in [0.05, 0.1) is 0 Å². The maximum Gasteiger partial charge on any atom is 0 e. The Morgan fingerprint density at radius 2 is 0.690 bits per heavy atom. The van der Waals surface area contributed by atoms with E-state index in [1.54, 1.807) is 25.7 Å². The van der Waals surface area contributed by atoms with E-state index in [-0.39, 0.29) is 34.1 Å². The molecule has 4 unspecified atom stereocenters. The standard InChI is InChI=1S/C17H32.2C5H10.2Fe/c1-3-14-8-5-10-16(14)12-7-13-17-11-6-9-15(17)4-2;2*1-2-4-5-3-1;;/h14-17H,3-13H2,1-2H3;2*1-5H2;;. The topological polar surface area (TPSA) is 0 Å². The van der Waals surface area contributed by atoms with Crippen LogP contribution in [0.25, 0.3) is 0 Å². The molecule has 0 spiro atoms. The van der Waals surface area contributed by atoms with Crippen LogP contribution in [0.3, 0.4) is 0 Å². The molecule has 4 aliphatic rings. The summed E-state index contributed by atoms with van der Waals surface area (Å²) < 4.78 is 0. The normalized spacial score (nSPS) is 30.4. The minimum Gasteiger partial charge on any atom is -0.0651 e. The zero-order chi connectivity index (χ0) is 19.2. The van der Waals surface area contributed by atoms with Gasteiger partial charge in [0, 0.05) is 34.1 Å². The Kier molecular flexibility index (Phi) is 20.4. The molecule has 4 rings (SSSR count). The average Bonchev–Trinajstić information content (AvgIpc) is 3.52. The Balaban J connectivity index is 0.000000537. The van der Waals surface area contributed by atoms with Gasteiger partial charge in [-0.2, -0.15) is 0 Å². The zero-order valence-corrected chi connectivity index (χ0v) is 22.1. The summed E-state index contributed by atoms with van der Waals surface area (Å²) in [6.45, 7) is 4.79. The fourth-order valence-corrected chi connectivity index (χ4v) is 6.47. The first kappa shape index (κ1) is 30.0. The van der Waals surface area contributed by atoms with E-state index < -0.39 is 0 Å². The molecule has 2 heteroatoms. The van der Waals surface area contributed by atoms with Gasteiger partial charge >= 0.3 is 0 Å². The van der Waals surface area contributed by atoms with Gasteiger partial charge in [0.1, 0.15) is 0 Å². The van der Waals surface area contributed by atoms with Gasteiger partial charge in [-0.25, -0.2) is 0 Å². The second-order valence-electron chi connectivity index (χ2n) is 10.2. The molecule has 0 aromatic heterocycles. The zero-order valence-electron chi connectivity index (χ0n) is 19.9. The minimum atomic E-state index is 0. The van der Waals surface area contributed by atoms with E-state index in [0.717, 1.165) is 23.7 Å². The summed E-state index contributed by atoms with van der Waals surface area (Å²) in [5.74, 6) is 4.36. The van der Waals surface area contributed by atoms with Gasteiger partial charge in [0.25, 0.3) is 0 Å². The first-order valence-electron chi connectivity index (χ1n) is 13.3. The van der Waals surface area contributed by atoms with Crippen LogP contribution in [0, 0.1) is 23.7 Å². The molecule has 0 aromatic carbocycles. The molecule has 0 saturated heterocycles. The van der Waals surface area contributed by atoms with Crippen molar-refractivity contribution >= 4 is 0 Å². The quantitative estimate of drug-likeness (QED) is 0.327. The Morgan fingerprint density at radius 1 is 0.414 bits per heavy atom. The summed E-state index contributed by atoms with van der Waals surface area (Å²) in [7, 11) is 0. The van der Waals surface area contributed by atoms with E-state index in [9.17, 15) is 0 Å². The van der Waals surface area contributed by atoms with Gasteiger partial charge < -0.3 is 0 Å². The van der Waals surface area contributed by atoms with Crippen molar-refractivity contribution < 1.29 is 34.1 Å². The summed E-state index contributed by atoms with van der Waals surface area (Å²) in [5, 5.41) is 0. The van der Waals surface area contributed by atoms with Crippen LogP contribution in [0.5, 0.6) is 0 Å². The molecule has 0 nitrogen and oxygen atoms in total. The monoisotopic (exact) mass is 488 g/mol. The van der Waals surface area contributed by atoms with Gasteiger partial charge in [0.2, 0.25) is 0 Å². The molecule has 4 atom stereocenters. The summed E-state index contributed by atoms with van der Waals surface area (Å²) >= 11 is 0. The summed E-state index contributed by atoms with van der Waals surface area (Å²) in [6, 6.07) is 0. The average molecular weight is 488 g/mol. The number of hydrogen-bond acceptors (Lipinski definition) is 0. The first-order valence-corrected chi connectivity index (χ1v) is 13.3. The molecule has 4 fully saturated rings. The van der Waals surface area contributed by atoms with Crippen LogP contribution >= 0.6 is 0 Å². The van der Waals surface area contributed by atoms with Crippen molar-refractivity contribution in [3.8, 4) is 0 Å². The van der Waals surface area contributed by atoms with Gasteiger partial charge in [-0.1, -0.05) is 149 Å². The fourth-order valence-electron chi connectivity index (χ4n) is 6.47. The minimum absolute atomic E-state index is 0. The van der Waals surface area contributed by atoms with Crippen LogP contribution in [-0.2, 0) is 34.1 Å². The number of hydrogen-bond donors (Lipinski definition) is 0. The molecule has 4 saturated carbocycles. The molecular formula is C27H52Fe2. The second kappa shape index (κ2) is 19.7. The third kappa shape index (κ3) is 12.6. The van der Waals surface area contributed by atoms with Gasteiger partial charge in [-0.05, 0) is 23.7 Å². The number of rotatable bonds is 6. The summed E-state index contributed by atoms with van der Waals surface area (Å²) in [6.07, 6.45) is 31.7. The molecule has 0 bridgehead atoms. The molecule has 0 amide bonds. The van der Waals surface area contributed by atoms with Crippen LogP contribution in [0.15, 0.2) is 0 Å². The van der Waals surface area contributed by atoms with Crippen LogP contribution in [0.1, 0.15) is 149 Å². The summed E-state index contributed by atoms with van der Waals surface area (Å²) in [5.41, 5.74) is 0. The molecule has 176 valence electrons. The van der Waals surface area contributed by atoms with Crippen LogP contribution in [0.2, 0.25) is 0 Å². The van der Waals surface area contributed by atoms with Crippen molar-refractivity contribution in [1.29, 1.82) is 0 Å². The van der Waals surface area contributed by atoms with E-state index in [0.29, 0.717) is 0 Å². The van der Waals surface area contributed by atoms with Crippen LogP contribution in [-0.4, -0.2) is 0 Å².